The van der Waals surface area contributed by atoms with Crippen molar-refractivity contribution in [1.29, 1.82) is 0 Å². The first-order valence-electron chi connectivity index (χ1n) is 6.27. The van der Waals surface area contributed by atoms with Crippen LogP contribution in [-0.4, -0.2) is 19.3 Å². The van der Waals surface area contributed by atoms with E-state index in [0.717, 1.165) is 5.69 Å². The average molecular weight is 357 g/mol. The molecule has 2 N–H and O–H groups in total. The Hall–Kier alpha value is -1.69. The Morgan fingerprint density at radius 2 is 1.27 bits per heavy atom. The van der Waals surface area contributed by atoms with Gasteiger partial charge in [0.2, 0.25) is 0 Å². The van der Waals surface area contributed by atoms with Crippen molar-refractivity contribution in [2.24, 2.45) is 0 Å². The maximum Gasteiger partial charge on any atom is 0.175 e. The maximum atomic E-state index is 5.95. The van der Waals surface area contributed by atoms with E-state index in [0.29, 0.717) is 32.3 Å². The van der Waals surface area contributed by atoms with Crippen molar-refractivity contribution >= 4 is 51.9 Å². The van der Waals surface area contributed by atoms with E-state index in [4.69, 9.17) is 44.9 Å². The summed E-state index contributed by atoms with van der Waals surface area (Å²) in [6.07, 6.45) is 0. The summed E-state index contributed by atoms with van der Waals surface area (Å²) in [6.45, 7) is 0. The third kappa shape index (κ3) is 4.66. The molecule has 0 unspecified atom stereocenters. The molecule has 0 amide bonds. The summed E-state index contributed by atoms with van der Waals surface area (Å²) in [5.41, 5.74) is 1.44. The topological polar surface area (TPSA) is 42.5 Å². The largest absolute Gasteiger partial charge is 0.497 e. The van der Waals surface area contributed by atoms with Gasteiger partial charge >= 0.3 is 0 Å². The van der Waals surface area contributed by atoms with E-state index in [1.54, 1.807) is 50.6 Å². The molecule has 0 atom stereocenters. The monoisotopic (exact) mass is 356 g/mol. The summed E-state index contributed by atoms with van der Waals surface area (Å²) in [4.78, 5) is 0. The van der Waals surface area contributed by atoms with Gasteiger partial charge in [0.25, 0.3) is 0 Å². The predicted octanol–water partition coefficient (Wildman–Crippen LogP) is 4.82. The Morgan fingerprint density at radius 1 is 0.818 bits per heavy atom. The van der Waals surface area contributed by atoms with Gasteiger partial charge in [0.05, 0.1) is 14.2 Å². The van der Waals surface area contributed by atoms with Gasteiger partial charge in [-0.05, 0) is 30.4 Å². The van der Waals surface area contributed by atoms with Gasteiger partial charge in [-0.25, -0.2) is 0 Å². The molecule has 116 valence electrons. The molecule has 0 aliphatic heterocycles. The molecule has 0 aliphatic rings. The van der Waals surface area contributed by atoms with Crippen LogP contribution in [0.4, 0.5) is 11.4 Å². The second kappa shape index (κ2) is 7.54. The Morgan fingerprint density at radius 3 is 1.73 bits per heavy atom. The SMILES string of the molecule is COc1cc(NC(=S)Nc2cc(Cl)cc(Cl)c2)cc(OC)c1. The van der Waals surface area contributed by atoms with Crippen LogP contribution in [0.3, 0.4) is 0 Å². The summed E-state index contributed by atoms with van der Waals surface area (Å²) < 4.78 is 10.4. The fraction of sp³-hybridized carbons (Fsp3) is 0.133. The molecule has 0 spiro atoms. The van der Waals surface area contributed by atoms with Gasteiger partial charge in [0.15, 0.2) is 5.11 Å². The molecule has 0 heterocycles. The van der Waals surface area contributed by atoms with Crippen LogP contribution in [0, 0.1) is 0 Å². The van der Waals surface area contributed by atoms with Gasteiger partial charge in [-0.3, -0.25) is 0 Å². The molecule has 0 aromatic heterocycles. The minimum atomic E-state index is 0.397. The van der Waals surface area contributed by atoms with Crippen molar-refractivity contribution in [1.82, 2.24) is 0 Å². The van der Waals surface area contributed by atoms with Gasteiger partial charge in [-0.2, -0.15) is 0 Å². The van der Waals surface area contributed by atoms with E-state index in [-0.39, 0.29) is 0 Å². The molecule has 2 aromatic rings. The first-order chi connectivity index (χ1) is 10.5. The molecule has 7 heteroatoms. The summed E-state index contributed by atoms with van der Waals surface area (Å²) in [7, 11) is 3.17. The van der Waals surface area contributed by atoms with E-state index in [1.807, 2.05) is 0 Å². The van der Waals surface area contributed by atoms with Crippen molar-refractivity contribution in [2.45, 2.75) is 0 Å². The Balaban J connectivity index is 2.11. The first-order valence-corrected chi connectivity index (χ1v) is 7.44. The molecule has 0 bridgehead atoms. The zero-order chi connectivity index (χ0) is 16.1. The number of hydrogen-bond donors (Lipinski definition) is 2. The molecule has 0 saturated heterocycles. The molecule has 0 radical (unpaired) electrons. The Kier molecular flexibility index (Phi) is 5.71. The Labute approximate surface area is 144 Å². The van der Waals surface area contributed by atoms with Crippen LogP contribution in [0.1, 0.15) is 0 Å². The summed E-state index contributed by atoms with van der Waals surface area (Å²) >= 11 is 17.2. The van der Waals surface area contributed by atoms with Crippen LogP contribution < -0.4 is 20.1 Å². The third-order valence-corrected chi connectivity index (χ3v) is 3.37. The van der Waals surface area contributed by atoms with Crippen molar-refractivity contribution < 1.29 is 9.47 Å². The Bertz CT molecular complexity index is 653. The molecular weight excluding hydrogens is 343 g/mol. The summed E-state index contributed by atoms with van der Waals surface area (Å²) in [5.74, 6) is 1.32. The normalized spacial score (nSPS) is 10.0. The number of hydrogen-bond acceptors (Lipinski definition) is 3. The maximum absolute atomic E-state index is 5.95. The lowest BCUT2D eigenvalue weighted by molar-refractivity contribution is 0.395. The smallest absolute Gasteiger partial charge is 0.175 e. The van der Waals surface area contributed by atoms with Gasteiger partial charge in [-0.15, -0.1) is 0 Å². The van der Waals surface area contributed by atoms with Gasteiger partial charge in [0, 0.05) is 39.6 Å². The molecule has 22 heavy (non-hydrogen) atoms. The van der Waals surface area contributed by atoms with Crippen LogP contribution in [0.2, 0.25) is 10.0 Å². The third-order valence-electron chi connectivity index (χ3n) is 2.73. The standard InChI is InChI=1S/C15H14Cl2N2O2S/c1-20-13-6-12(7-14(8-13)21-2)19-15(22)18-11-4-9(16)3-10(17)5-11/h3-8H,1-2H3,(H2,18,19,22). The molecule has 2 aromatic carbocycles. The average Bonchev–Trinajstić information content (AvgIpc) is 2.45. The van der Waals surface area contributed by atoms with Crippen LogP contribution >= 0.6 is 35.4 Å². The first kappa shape index (κ1) is 16.7. The zero-order valence-electron chi connectivity index (χ0n) is 11.9. The number of methoxy groups -OCH3 is 2. The van der Waals surface area contributed by atoms with Crippen LogP contribution in [0.15, 0.2) is 36.4 Å². The summed E-state index contributed by atoms with van der Waals surface area (Å²) in [6, 6.07) is 10.5. The fourth-order valence-corrected chi connectivity index (χ4v) is 2.56. The van der Waals surface area contributed by atoms with E-state index in [1.165, 1.54) is 0 Å². The van der Waals surface area contributed by atoms with E-state index in [2.05, 4.69) is 10.6 Å². The van der Waals surface area contributed by atoms with E-state index in [9.17, 15) is 0 Å². The molecule has 2 rings (SSSR count). The highest BCUT2D eigenvalue weighted by molar-refractivity contribution is 7.80. The lowest BCUT2D eigenvalue weighted by Gasteiger charge is -2.13. The minimum absolute atomic E-state index is 0.397. The van der Waals surface area contributed by atoms with Crippen LogP contribution in [0.5, 0.6) is 11.5 Å². The second-order valence-corrected chi connectivity index (χ2v) is 5.62. The van der Waals surface area contributed by atoms with Crippen molar-refractivity contribution in [3.63, 3.8) is 0 Å². The predicted molar refractivity (Wildman–Crippen MR) is 95.9 cm³/mol. The van der Waals surface area contributed by atoms with E-state index >= 15 is 0 Å². The number of halogens is 2. The number of benzene rings is 2. The number of rotatable bonds is 4. The van der Waals surface area contributed by atoms with Crippen molar-refractivity contribution in [3.8, 4) is 11.5 Å². The van der Waals surface area contributed by atoms with Crippen molar-refractivity contribution in [3.05, 3.63) is 46.4 Å². The van der Waals surface area contributed by atoms with E-state index < -0.39 is 0 Å². The molecule has 4 nitrogen and oxygen atoms in total. The highest BCUT2D eigenvalue weighted by atomic mass is 35.5. The highest BCUT2D eigenvalue weighted by Crippen LogP contribution is 2.26. The number of anilines is 2. The summed E-state index contributed by atoms with van der Waals surface area (Å²) in [5, 5.41) is 7.52. The van der Waals surface area contributed by atoms with Crippen LogP contribution in [-0.2, 0) is 0 Å². The lowest BCUT2D eigenvalue weighted by atomic mass is 10.3. The molecular formula is C15H14Cl2N2O2S. The number of thiocarbonyl (C=S) groups is 1. The highest BCUT2D eigenvalue weighted by Gasteiger charge is 2.05. The molecule has 0 saturated carbocycles. The van der Waals surface area contributed by atoms with Gasteiger partial charge < -0.3 is 20.1 Å². The van der Waals surface area contributed by atoms with Gasteiger partial charge in [0.1, 0.15) is 11.5 Å². The van der Waals surface area contributed by atoms with Crippen molar-refractivity contribution in [2.75, 3.05) is 24.9 Å². The molecule has 0 fully saturated rings. The lowest BCUT2D eigenvalue weighted by Crippen LogP contribution is -2.19. The minimum Gasteiger partial charge on any atom is -0.497 e. The van der Waals surface area contributed by atoms with Gasteiger partial charge in [-0.1, -0.05) is 23.2 Å². The second-order valence-electron chi connectivity index (χ2n) is 4.34. The zero-order valence-corrected chi connectivity index (χ0v) is 14.3. The molecule has 0 aliphatic carbocycles. The number of nitrogens with one attached hydrogen (secondary N) is 2. The van der Waals surface area contributed by atoms with Crippen LogP contribution in [0.25, 0.3) is 0 Å². The quantitative estimate of drug-likeness (QED) is 0.768. The fourth-order valence-electron chi connectivity index (χ4n) is 1.80. The number of ether oxygens (including phenoxy) is 2.